The number of nitrogens with one attached hydrogen (secondary N) is 1. The highest BCUT2D eigenvalue weighted by Gasteiger charge is 2.03. The zero-order valence-corrected chi connectivity index (χ0v) is 10.8. The summed E-state index contributed by atoms with van der Waals surface area (Å²) in [7, 11) is 0. The van der Waals surface area contributed by atoms with Crippen molar-refractivity contribution in [3.63, 3.8) is 0 Å². The molecule has 0 fully saturated rings. The normalized spacial score (nSPS) is 10.8. The molecule has 3 nitrogen and oxygen atoms in total. The van der Waals surface area contributed by atoms with Crippen molar-refractivity contribution in [2.45, 2.75) is 6.61 Å². The maximum absolute atomic E-state index is 9.42. The van der Waals surface area contributed by atoms with Crippen molar-refractivity contribution < 1.29 is 9.84 Å². The van der Waals surface area contributed by atoms with Gasteiger partial charge in [0, 0.05) is 15.9 Å². The van der Waals surface area contributed by atoms with Crippen LogP contribution >= 0.6 is 11.6 Å². The molecule has 0 aliphatic carbocycles. The average molecular weight is 274 g/mol. The molecule has 0 unspecified atom stereocenters. The number of hydrogen-bond acceptors (Lipinski definition) is 2. The summed E-state index contributed by atoms with van der Waals surface area (Å²) in [6.07, 6.45) is 0. The monoisotopic (exact) mass is 273 g/mol. The highest BCUT2D eigenvalue weighted by molar-refractivity contribution is 6.30. The first-order valence-electron chi connectivity index (χ1n) is 5.90. The molecule has 4 heteroatoms. The average Bonchev–Trinajstić information content (AvgIpc) is 2.78. The number of halogens is 1. The Labute approximate surface area is 115 Å². The lowest BCUT2D eigenvalue weighted by Gasteiger charge is -2.04. The number of phenols is 1. The number of rotatable bonds is 3. The Morgan fingerprint density at radius 3 is 2.84 bits per heavy atom. The molecule has 0 saturated carbocycles. The highest BCUT2D eigenvalue weighted by atomic mass is 35.5. The second-order valence-corrected chi connectivity index (χ2v) is 4.75. The third kappa shape index (κ3) is 2.66. The minimum absolute atomic E-state index is 0.258. The van der Waals surface area contributed by atoms with Crippen molar-refractivity contribution in [2.24, 2.45) is 0 Å². The number of H-pyrrole nitrogens is 1. The minimum Gasteiger partial charge on any atom is -0.508 e. The lowest BCUT2D eigenvalue weighted by Crippen LogP contribution is -1.95. The third-order valence-corrected chi connectivity index (χ3v) is 3.09. The van der Waals surface area contributed by atoms with Gasteiger partial charge in [0.05, 0.1) is 5.69 Å². The van der Waals surface area contributed by atoms with Crippen LogP contribution in [0.4, 0.5) is 0 Å². The van der Waals surface area contributed by atoms with Gasteiger partial charge in [-0.1, -0.05) is 17.7 Å². The van der Waals surface area contributed by atoms with E-state index >= 15 is 0 Å². The summed E-state index contributed by atoms with van der Waals surface area (Å²) in [5, 5.41) is 11.0. The van der Waals surface area contributed by atoms with Gasteiger partial charge in [-0.05, 0) is 42.5 Å². The van der Waals surface area contributed by atoms with E-state index in [9.17, 15) is 5.11 Å². The number of aromatic hydroxyl groups is 1. The summed E-state index contributed by atoms with van der Waals surface area (Å²) < 4.78 is 5.65. The molecule has 0 radical (unpaired) electrons. The van der Waals surface area contributed by atoms with Gasteiger partial charge in [-0.15, -0.1) is 0 Å². The molecular formula is C15H12ClNO2. The molecule has 0 amide bonds. The lowest BCUT2D eigenvalue weighted by molar-refractivity contribution is 0.302. The molecule has 0 aliphatic heterocycles. The van der Waals surface area contributed by atoms with Gasteiger partial charge in [0.25, 0.3) is 0 Å². The number of benzene rings is 2. The zero-order chi connectivity index (χ0) is 13.2. The number of aromatic amines is 1. The van der Waals surface area contributed by atoms with Crippen LogP contribution in [0, 0.1) is 0 Å². The van der Waals surface area contributed by atoms with Gasteiger partial charge in [0.2, 0.25) is 0 Å². The van der Waals surface area contributed by atoms with Crippen LogP contribution in [-0.4, -0.2) is 10.1 Å². The molecule has 1 heterocycles. The summed E-state index contributed by atoms with van der Waals surface area (Å²) in [6.45, 7) is 0.426. The lowest BCUT2D eigenvalue weighted by atomic mass is 10.2. The predicted octanol–water partition coefficient (Wildman–Crippen LogP) is 4.11. The molecule has 0 bridgehead atoms. The maximum atomic E-state index is 9.42. The van der Waals surface area contributed by atoms with Crippen LogP contribution in [0.2, 0.25) is 5.02 Å². The van der Waals surface area contributed by atoms with E-state index in [2.05, 4.69) is 4.98 Å². The fraction of sp³-hybridized carbons (Fsp3) is 0.0667. The fourth-order valence-electron chi connectivity index (χ4n) is 1.98. The van der Waals surface area contributed by atoms with Crippen molar-refractivity contribution in [1.82, 2.24) is 4.98 Å². The molecular weight excluding hydrogens is 262 g/mol. The first kappa shape index (κ1) is 11.9. The molecule has 0 aliphatic rings. The largest absolute Gasteiger partial charge is 0.508 e. The summed E-state index contributed by atoms with van der Waals surface area (Å²) in [5.41, 5.74) is 1.92. The zero-order valence-electron chi connectivity index (χ0n) is 10.1. The van der Waals surface area contributed by atoms with Crippen molar-refractivity contribution in [2.75, 3.05) is 0 Å². The molecule has 19 heavy (non-hydrogen) atoms. The topological polar surface area (TPSA) is 45.2 Å². The molecule has 2 N–H and O–H groups in total. The van der Waals surface area contributed by atoms with Crippen molar-refractivity contribution in [1.29, 1.82) is 0 Å². The highest BCUT2D eigenvalue weighted by Crippen LogP contribution is 2.22. The number of aromatic nitrogens is 1. The van der Waals surface area contributed by atoms with Crippen molar-refractivity contribution in [3.8, 4) is 11.5 Å². The minimum atomic E-state index is 0.258. The second kappa shape index (κ2) is 4.86. The quantitative estimate of drug-likeness (QED) is 0.754. The summed E-state index contributed by atoms with van der Waals surface area (Å²) in [5.74, 6) is 0.989. The number of phenolic OH excluding ortho intramolecular Hbond substituents is 1. The molecule has 0 atom stereocenters. The van der Waals surface area contributed by atoms with E-state index in [1.165, 1.54) is 0 Å². The predicted molar refractivity (Wildman–Crippen MR) is 75.7 cm³/mol. The third-order valence-electron chi connectivity index (χ3n) is 2.85. The second-order valence-electron chi connectivity index (χ2n) is 4.31. The van der Waals surface area contributed by atoms with Gasteiger partial charge in [0.15, 0.2) is 0 Å². The van der Waals surface area contributed by atoms with E-state index in [0.29, 0.717) is 11.6 Å². The molecule has 2 aromatic carbocycles. The summed E-state index contributed by atoms with van der Waals surface area (Å²) in [4.78, 5) is 3.24. The first-order chi connectivity index (χ1) is 9.20. The fourth-order valence-corrected chi connectivity index (χ4v) is 2.16. The molecule has 3 rings (SSSR count). The van der Waals surface area contributed by atoms with Gasteiger partial charge in [-0.2, -0.15) is 0 Å². The van der Waals surface area contributed by atoms with Crippen LogP contribution in [0.15, 0.2) is 48.5 Å². The smallest absolute Gasteiger partial charge is 0.128 e. The Bertz CT molecular complexity index is 721. The van der Waals surface area contributed by atoms with Gasteiger partial charge < -0.3 is 14.8 Å². The van der Waals surface area contributed by atoms with Gasteiger partial charge in [-0.25, -0.2) is 0 Å². The molecule has 1 aromatic heterocycles. The van der Waals surface area contributed by atoms with E-state index in [0.717, 1.165) is 22.3 Å². The van der Waals surface area contributed by atoms with E-state index in [1.54, 1.807) is 24.3 Å². The van der Waals surface area contributed by atoms with Gasteiger partial charge in [-0.3, -0.25) is 0 Å². The van der Waals surface area contributed by atoms with Crippen LogP contribution in [0.5, 0.6) is 11.5 Å². The molecule has 0 spiro atoms. The van der Waals surface area contributed by atoms with Crippen LogP contribution in [-0.2, 0) is 6.61 Å². The first-order valence-corrected chi connectivity index (χ1v) is 6.27. The van der Waals surface area contributed by atoms with E-state index in [4.69, 9.17) is 16.3 Å². The van der Waals surface area contributed by atoms with Crippen molar-refractivity contribution in [3.05, 3.63) is 59.2 Å². The van der Waals surface area contributed by atoms with Crippen LogP contribution in [0.25, 0.3) is 10.9 Å². The van der Waals surface area contributed by atoms with Crippen LogP contribution < -0.4 is 4.74 Å². The van der Waals surface area contributed by atoms with E-state index in [1.807, 2.05) is 24.3 Å². The summed E-state index contributed by atoms with van der Waals surface area (Å²) in [6, 6.07) is 14.5. The maximum Gasteiger partial charge on any atom is 0.128 e. The Balaban J connectivity index is 1.78. The number of fused-ring (bicyclic) bond motifs is 1. The Morgan fingerprint density at radius 1 is 1.11 bits per heavy atom. The number of hydrogen-bond donors (Lipinski definition) is 2. The standard InChI is InChI=1S/C15H12ClNO2/c16-11-2-1-3-14(8-11)19-9-12-6-10-7-13(18)4-5-15(10)17-12/h1-8,17-18H,9H2. The Hall–Kier alpha value is -2.13. The van der Waals surface area contributed by atoms with Crippen molar-refractivity contribution >= 4 is 22.5 Å². The van der Waals surface area contributed by atoms with E-state index < -0.39 is 0 Å². The van der Waals surface area contributed by atoms with Gasteiger partial charge in [0.1, 0.15) is 18.1 Å². The van der Waals surface area contributed by atoms with Gasteiger partial charge >= 0.3 is 0 Å². The van der Waals surface area contributed by atoms with Crippen LogP contribution in [0.1, 0.15) is 5.69 Å². The number of ether oxygens (including phenoxy) is 1. The molecule has 3 aromatic rings. The summed E-state index contributed by atoms with van der Waals surface area (Å²) >= 11 is 5.89. The molecule has 96 valence electrons. The van der Waals surface area contributed by atoms with E-state index in [-0.39, 0.29) is 5.75 Å². The molecule has 0 saturated heterocycles. The Kier molecular flexibility index (Phi) is 3.05. The Morgan fingerprint density at radius 2 is 2.00 bits per heavy atom. The SMILES string of the molecule is Oc1ccc2[nH]c(COc3cccc(Cl)c3)cc2c1. The van der Waals surface area contributed by atoms with Crippen LogP contribution in [0.3, 0.4) is 0 Å².